The quantitative estimate of drug-likeness (QED) is 0.686. The van der Waals surface area contributed by atoms with Crippen LogP contribution in [-0.2, 0) is 13.0 Å². The lowest BCUT2D eigenvalue weighted by Crippen LogP contribution is -2.44. The van der Waals surface area contributed by atoms with Crippen molar-refractivity contribution < 1.29 is 0 Å². The van der Waals surface area contributed by atoms with E-state index >= 15 is 0 Å². The van der Waals surface area contributed by atoms with Gasteiger partial charge < -0.3 is 9.80 Å². The number of piperazine rings is 1. The van der Waals surface area contributed by atoms with Gasteiger partial charge in [0.2, 0.25) is 0 Å². The molecule has 1 aliphatic heterocycles. The maximum Gasteiger partial charge on any atom is 0.163 e. The first-order chi connectivity index (χ1) is 12.7. The van der Waals surface area contributed by atoms with Crippen LogP contribution in [0.25, 0.3) is 11.0 Å². The predicted molar refractivity (Wildman–Crippen MR) is 100 cm³/mol. The van der Waals surface area contributed by atoms with E-state index in [1.54, 1.807) is 6.33 Å². The van der Waals surface area contributed by atoms with E-state index in [1.807, 2.05) is 23.1 Å². The number of rotatable bonds is 5. The van der Waals surface area contributed by atoms with E-state index in [0.717, 1.165) is 67.4 Å². The van der Waals surface area contributed by atoms with Gasteiger partial charge in [-0.15, -0.1) is 0 Å². The van der Waals surface area contributed by atoms with Gasteiger partial charge in [0.1, 0.15) is 18.0 Å². The van der Waals surface area contributed by atoms with Gasteiger partial charge in [0, 0.05) is 38.8 Å². The monoisotopic (exact) mass is 352 g/mol. The van der Waals surface area contributed by atoms with E-state index in [0.29, 0.717) is 6.54 Å². The number of fused-ring (bicyclic) bond motifs is 1. The lowest BCUT2D eigenvalue weighted by atomic mass is 10.3. The first-order valence-electron chi connectivity index (χ1n) is 9.15. The van der Waals surface area contributed by atoms with E-state index in [9.17, 15) is 0 Å². The van der Waals surface area contributed by atoms with E-state index in [4.69, 9.17) is 0 Å². The number of nitrogens with zero attached hydrogens (tertiary/aromatic N) is 8. The summed E-state index contributed by atoms with van der Waals surface area (Å²) in [4.78, 5) is 22.6. The van der Waals surface area contributed by atoms with Crippen molar-refractivity contribution in [3.8, 4) is 0 Å². The summed E-state index contributed by atoms with van der Waals surface area (Å²) in [6.45, 7) is 6.75. The fourth-order valence-electron chi connectivity index (χ4n) is 3.29. The van der Waals surface area contributed by atoms with Crippen molar-refractivity contribution in [2.24, 2.45) is 0 Å². The summed E-state index contributed by atoms with van der Waals surface area (Å²) < 4.78 is 1.90. The van der Waals surface area contributed by atoms with Gasteiger partial charge in [-0.05, 0) is 19.5 Å². The van der Waals surface area contributed by atoms with Crippen LogP contribution < -0.4 is 4.90 Å². The van der Waals surface area contributed by atoms with Crippen molar-refractivity contribution >= 4 is 16.9 Å². The fourth-order valence-corrected chi connectivity index (χ4v) is 3.29. The summed E-state index contributed by atoms with van der Waals surface area (Å²) in [5.74, 6) is 1.86. The first kappa shape index (κ1) is 16.8. The molecule has 0 aliphatic carbocycles. The highest BCUT2D eigenvalue weighted by Gasteiger charge is 2.19. The number of aryl methyl sites for hydroxylation is 1. The van der Waals surface area contributed by atoms with Crippen molar-refractivity contribution in [1.29, 1.82) is 0 Å². The molecule has 1 fully saturated rings. The molecule has 0 bridgehead atoms. The zero-order chi connectivity index (χ0) is 17.9. The highest BCUT2D eigenvalue weighted by Crippen LogP contribution is 2.23. The van der Waals surface area contributed by atoms with Crippen molar-refractivity contribution in [1.82, 2.24) is 34.6 Å². The molecule has 8 heteroatoms. The molecule has 0 unspecified atom stereocenters. The second kappa shape index (κ2) is 7.33. The standard InChI is InChI=1S/C18H24N8/c1-3-4-16-19-6-5-14(23-16)12-26-18-15(11-22-26)17(20-13-21-18)25-9-7-24(2)8-10-25/h5-6,11,13H,3-4,7-10,12H2,1-2H3. The molecule has 1 saturated heterocycles. The van der Waals surface area contributed by atoms with Gasteiger partial charge in [-0.2, -0.15) is 5.10 Å². The smallest absolute Gasteiger partial charge is 0.163 e. The second-order valence-corrected chi connectivity index (χ2v) is 6.74. The highest BCUT2D eigenvalue weighted by atomic mass is 15.3. The minimum absolute atomic E-state index is 0.585. The van der Waals surface area contributed by atoms with Gasteiger partial charge in [0.05, 0.1) is 23.8 Å². The van der Waals surface area contributed by atoms with Gasteiger partial charge in [0.15, 0.2) is 5.65 Å². The normalized spacial score (nSPS) is 15.7. The van der Waals surface area contributed by atoms with E-state index < -0.39 is 0 Å². The van der Waals surface area contributed by atoms with Crippen molar-refractivity contribution in [2.75, 3.05) is 38.1 Å². The van der Waals surface area contributed by atoms with Crippen molar-refractivity contribution in [2.45, 2.75) is 26.3 Å². The van der Waals surface area contributed by atoms with E-state index in [1.165, 1.54) is 0 Å². The van der Waals surface area contributed by atoms with Gasteiger partial charge in [-0.25, -0.2) is 24.6 Å². The Morgan fingerprint density at radius 2 is 1.92 bits per heavy atom. The predicted octanol–water partition coefficient (Wildman–Crippen LogP) is 1.37. The first-order valence-corrected chi connectivity index (χ1v) is 9.15. The SMILES string of the molecule is CCCc1nccc(Cn2ncc3c(N4CCN(C)CC4)ncnc32)n1. The van der Waals surface area contributed by atoms with Crippen LogP contribution in [-0.4, -0.2) is 67.8 Å². The van der Waals surface area contributed by atoms with Crippen LogP contribution in [0.15, 0.2) is 24.8 Å². The van der Waals surface area contributed by atoms with Crippen molar-refractivity contribution in [3.05, 3.63) is 36.3 Å². The maximum absolute atomic E-state index is 4.63. The van der Waals surface area contributed by atoms with Crippen LogP contribution in [0.1, 0.15) is 24.9 Å². The maximum atomic E-state index is 4.63. The molecule has 8 nitrogen and oxygen atoms in total. The lowest BCUT2D eigenvalue weighted by molar-refractivity contribution is 0.312. The average Bonchev–Trinajstić information content (AvgIpc) is 3.06. The summed E-state index contributed by atoms with van der Waals surface area (Å²) in [7, 11) is 2.15. The number of hydrogen-bond acceptors (Lipinski definition) is 7. The van der Waals surface area contributed by atoms with Crippen LogP contribution in [0.4, 0.5) is 5.82 Å². The molecule has 4 rings (SSSR count). The third-order valence-corrected chi connectivity index (χ3v) is 4.76. The number of hydrogen-bond donors (Lipinski definition) is 0. The molecule has 3 aromatic heterocycles. The zero-order valence-corrected chi connectivity index (χ0v) is 15.3. The van der Waals surface area contributed by atoms with Gasteiger partial charge >= 0.3 is 0 Å². The van der Waals surface area contributed by atoms with Crippen LogP contribution in [0.5, 0.6) is 0 Å². The summed E-state index contributed by atoms with van der Waals surface area (Å²) in [6, 6.07) is 1.94. The zero-order valence-electron chi connectivity index (χ0n) is 15.3. The third kappa shape index (κ3) is 3.37. The molecular weight excluding hydrogens is 328 g/mol. The summed E-state index contributed by atoms with van der Waals surface area (Å²) in [6.07, 6.45) is 7.26. The van der Waals surface area contributed by atoms with Crippen LogP contribution in [0, 0.1) is 0 Å². The van der Waals surface area contributed by atoms with Crippen LogP contribution in [0.3, 0.4) is 0 Å². The second-order valence-electron chi connectivity index (χ2n) is 6.74. The molecule has 0 radical (unpaired) electrons. The average molecular weight is 352 g/mol. The minimum Gasteiger partial charge on any atom is -0.353 e. The molecule has 4 heterocycles. The lowest BCUT2D eigenvalue weighted by Gasteiger charge is -2.33. The fraction of sp³-hybridized carbons (Fsp3) is 0.500. The molecule has 0 saturated carbocycles. The molecule has 0 atom stereocenters. The summed E-state index contributed by atoms with van der Waals surface area (Å²) in [5, 5.41) is 5.55. The Labute approximate surface area is 152 Å². The Kier molecular flexibility index (Phi) is 4.75. The largest absolute Gasteiger partial charge is 0.353 e. The Balaban J connectivity index is 1.61. The van der Waals surface area contributed by atoms with Crippen LogP contribution >= 0.6 is 0 Å². The van der Waals surface area contributed by atoms with E-state index in [2.05, 4.69) is 48.8 Å². The number of anilines is 1. The summed E-state index contributed by atoms with van der Waals surface area (Å²) >= 11 is 0. The molecule has 0 N–H and O–H groups in total. The molecule has 0 spiro atoms. The van der Waals surface area contributed by atoms with Gasteiger partial charge in [0.25, 0.3) is 0 Å². The Morgan fingerprint density at radius 3 is 2.73 bits per heavy atom. The molecule has 1 aliphatic rings. The van der Waals surface area contributed by atoms with Crippen LogP contribution in [0.2, 0.25) is 0 Å². The molecular formula is C18H24N8. The Morgan fingerprint density at radius 1 is 1.08 bits per heavy atom. The molecule has 3 aromatic rings. The minimum atomic E-state index is 0.585. The van der Waals surface area contributed by atoms with Gasteiger partial charge in [-0.3, -0.25) is 0 Å². The number of aromatic nitrogens is 6. The summed E-state index contributed by atoms with van der Waals surface area (Å²) in [5.41, 5.74) is 1.80. The third-order valence-electron chi connectivity index (χ3n) is 4.76. The van der Waals surface area contributed by atoms with Crippen molar-refractivity contribution in [3.63, 3.8) is 0 Å². The van der Waals surface area contributed by atoms with E-state index in [-0.39, 0.29) is 0 Å². The molecule has 26 heavy (non-hydrogen) atoms. The van der Waals surface area contributed by atoms with Gasteiger partial charge in [-0.1, -0.05) is 6.92 Å². The topological polar surface area (TPSA) is 75.9 Å². The molecule has 136 valence electrons. The molecule has 0 amide bonds. The Bertz CT molecular complexity index is 882. The number of likely N-dealkylation sites (N-methyl/N-ethyl adjacent to an activating group) is 1. The highest BCUT2D eigenvalue weighted by molar-refractivity contribution is 5.86. The molecule has 0 aromatic carbocycles. The Hall–Kier alpha value is -2.61.